The van der Waals surface area contributed by atoms with Crippen LogP contribution < -0.4 is 14.4 Å². The number of aliphatic hydroxyl groups excluding tert-OH is 1. The predicted octanol–water partition coefficient (Wildman–Crippen LogP) is 4.58. The average Bonchev–Trinajstić information content (AvgIpc) is 3.14. The number of hydrogen-bond donors (Lipinski definition) is 1. The summed E-state index contributed by atoms with van der Waals surface area (Å²) in [5, 5.41) is 11.7. The van der Waals surface area contributed by atoms with Gasteiger partial charge in [-0.15, -0.1) is 0 Å². The molecule has 0 aliphatic carbocycles. The van der Waals surface area contributed by atoms with Gasteiger partial charge in [-0.2, -0.15) is 0 Å². The zero-order chi connectivity index (χ0) is 27.3. The number of nitrogens with zero attached hydrogens (tertiary/aromatic N) is 3. The molecule has 0 spiro atoms. The zero-order valence-electron chi connectivity index (χ0n) is 22.4. The maximum absolute atomic E-state index is 13.4. The Bertz CT molecular complexity index is 1160. The third kappa shape index (κ3) is 5.86. The highest BCUT2D eigenvalue weighted by molar-refractivity contribution is 6.46. The van der Waals surface area contributed by atoms with Crippen LogP contribution in [0.15, 0.2) is 42.0 Å². The van der Waals surface area contributed by atoms with E-state index in [1.807, 2.05) is 43.3 Å². The van der Waals surface area contributed by atoms with Crippen LogP contribution in [0.2, 0.25) is 5.02 Å². The van der Waals surface area contributed by atoms with E-state index in [1.165, 1.54) is 20.3 Å². The van der Waals surface area contributed by atoms with Gasteiger partial charge in [-0.1, -0.05) is 23.7 Å². The minimum Gasteiger partial charge on any atom is -0.507 e. The number of aliphatic hydroxyl groups is 1. The van der Waals surface area contributed by atoms with Crippen molar-refractivity contribution in [3.05, 3.63) is 58.1 Å². The summed E-state index contributed by atoms with van der Waals surface area (Å²) in [4.78, 5) is 32.4. The van der Waals surface area contributed by atoms with Crippen LogP contribution in [0, 0.1) is 0 Å². The molecule has 3 rings (SSSR count). The summed E-state index contributed by atoms with van der Waals surface area (Å²) in [7, 11) is 6.83. The molecule has 0 radical (unpaired) electrons. The molecule has 1 aliphatic rings. The summed E-state index contributed by atoms with van der Waals surface area (Å²) in [6, 6.07) is 10.1. The fourth-order valence-electron chi connectivity index (χ4n) is 4.66. The third-order valence-corrected chi connectivity index (χ3v) is 6.91. The molecule has 2 aromatic carbocycles. The van der Waals surface area contributed by atoms with E-state index in [9.17, 15) is 14.7 Å². The first-order valence-electron chi connectivity index (χ1n) is 12.4. The number of methoxy groups -OCH3 is 2. The largest absolute Gasteiger partial charge is 0.507 e. The minimum absolute atomic E-state index is 0.00461. The highest BCUT2D eigenvalue weighted by Gasteiger charge is 2.46. The van der Waals surface area contributed by atoms with Gasteiger partial charge in [-0.3, -0.25) is 9.59 Å². The van der Waals surface area contributed by atoms with Crippen molar-refractivity contribution in [3.63, 3.8) is 0 Å². The first-order chi connectivity index (χ1) is 17.7. The van der Waals surface area contributed by atoms with Crippen molar-refractivity contribution in [1.29, 1.82) is 0 Å². The van der Waals surface area contributed by atoms with Gasteiger partial charge in [0.25, 0.3) is 11.7 Å². The first-order valence-corrected chi connectivity index (χ1v) is 12.8. The molecule has 37 heavy (non-hydrogen) atoms. The minimum atomic E-state index is -0.751. The van der Waals surface area contributed by atoms with Crippen molar-refractivity contribution < 1.29 is 24.2 Å². The second-order valence-corrected chi connectivity index (χ2v) is 9.51. The molecule has 8 nitrogen and oxygen atoms in total. The van der Waals surface area contributed by atoms with Crippen LogP contribution in [0.5, 0.6) is 11.5 Å². The number of carbonyl (C=O) groups excluding carboxylic acids is 2. The van der Waals surface area contributed by atoms with Crippen LogP contribution in [0.25, 0.3) is 5.76 Å². The fourth-order valence-corrected chi connectivity index (χ4v) is 4.90. The SMILES string of the molecule is CCN(CC)c1ccc(C2/C(=C(\O)c3cc(Cl)c(OC)cc3OC)C(=O)C(=O)N2CCCN(C)C)cc1. The Labute approximate surface area is 224 Å². The molecule has 9 heteroatoms. The molecular weight excluding hydrogens is 494 g/mol. The third-order valence-electron chi connectivity index (χ3n) is 6.61. The molecule has 200 valence electrons. The van der Waals surface area contributed by atoms with Gasteiger partial charge in [0.05, 0.1) is 36.4 Å². The maximum Gasteiger partial charge on any atom is 0.295 e. The number of rotatable bonds is 11. The monoisotopic (exact) mass is 529 g/mol. The van der Waals surface area contributed by atoms with Crippen LogP contribution in [0.3, 0.4) is 0 Å². The van der Waals surface area contributed by atoms with Gasteiger partial charge in [0, 0.05) is 31.4 Å². The molecule has 1 saturated heterocycles. The van der Waals surface area contributed by atoms with Gasteiger partial charge in [0.2, 0.25) is 0 Å². The number of amides is 1. The Morgan fingerprint density at radius 2 is 1.65 bits per heavy atom. The Kier molecular flexibility index (Phi) is 9.45. The lowest BCUT2D eigenvalue weighted by atomic mass is 9.94. The summed E-state index contributed by atoms with van der Waals surface area (Å²) in [5.41, 5.74) is 2.00. The quantitative estimate of drug-likeness (QED) is 0.259. The summed E-state index contributed by atoms with van der Waals surface area (Å²) >= 11 is 6.34. The summed E-state index contributed by atoms with van der Waals surface area (Å²) < 4.78 is 10.7. The second kappa shape index (κ2) is 12.3. The summed E-state index contributed by atoms with van der Waals surface area (Å²) in [5.74, 6) is -1.09. The normalized spacial score (nSPS) is 17.0. The van der Waals surface area contributed by atoms with E-state index < -0.39 is 17.7 Å². The van der Waals surface area contributed by atoms with E-state index in [-0.39, 0.29) is 27.7 Å². The maximum atomic E-state index is 13.4. The molecule has 0 aromatic heterocycles. The molecular formula is C28H36ClN3O5. The number of ether oxygens (including phenoxy) is 2. The highest BCUT2D eigenvalue weighted by Crippen LogP contribution is 2.43. The van der Waals surface area contributed by atoms with Gasteiger partial charge in [-0.25, -0.2) is 0 Å². The summed E-state index contributed by atoms with van der Waals surface area (Å²) in [6.07, 6.45) is 0.672. The van der Waals surface area contributed by atoms with Gasteiger partial charge >= 0.3 is 0 Å². The number of halogens is 1. The van der Waals surface area contributed by atoms with Crippen LogP contribution in [0.4, 0.5) is 5.69 Å². The van der Waals surface area contributed by atoms with Crippen molar-refractivity contribution in [2.24, 2.45) is 0 Å². The van der Waals surface area contributed by atoms with Crippen LogP contribution in [-0.2, 0) is 9.59 Å². The lowest BCUT2D eigenvalue weighted by molar-refractivity contribution is -0.139. The number of likely N-dealkylation sites (tertiary alicyclic amines) is 1. The van der Waals surface area contributed by atoms with Crippen molar-refractivity contribution >= 4 is 34.7 Å². The van der Waals surface area contributed by atoms with E-state index in [0.29, 0.717) is 18.7 Å². The molecule has 1 aliphatic heterocycles. The van der Waals surface area contributed by atoms with Crippen molar-refractivity contribution in [1.82, 2.24) is 9.80 Å². The Balaban J connectivity index is 2.17. The Hall–Kier alpha value is -3.23. The number of Topliss-reactive ketones (excluding diaryl/α,β-unsaturated/α-hetero) is 1. The van der Waals surface area contributed by atoms with Crippen molar-refractivity contribution in [2.75, 3.05) is 59.4 Å². The number of hydrogen-bond acceptors (Lipinski definition) is 7. The average molecular weight is 530 g/mol. The van der Waals surface area contributed by atoms with Gasteiger partial charge in [0.1, 0.15) is 17.3 Å². The van der Waals surface area contributed by atoms with Crippen molar-refractivity contribution in [3.8, 4) is 11.5 Å². The topological polar surface area (TPSA) is 82.5 Å². The zero-order valence-corrected chi connectivity index (χ0v) is 23.1. The Morgan fingerprint density at radius 3 is 2.19 bits per heavy atom. The standard InChI is InChI=1S/C28H36ClN3O5/c1-7-31(8-2)19-12-10-18(11-13-19)25-24(27(34)28(35)32(25)15-9-14-30(3)4)26(33)20-16-21(29)23(37-6)17-22(20)36-5/h10-13,16-17,25,33H,7-9,14-15H2,1-6H3/b26-24+. The molecule has 1 N–H and O–H groups in total. The van der Waals surface area contributed by atoms with Gasteiger partial charge in [0.15, 0.2) is 0 Å². The van der Waals surface area contributed by atoms with Crippen LogP contribution in [0.1, 0.15) is 37.4 Å². The van der Waals surface area contributed by atoms with E-state index in [2.05, 4.69) is 18.7 Å². The first kappa shape index (κ1) is 28.3. The van der Waals surface area contributed by atoms with E-state index >= 15 is 0 Å². The fraction of sp³-hybridized carbons (Fsp3) is 0.429. The number of carbonyl (C=O) groups is 2. The van der Waals surface area contributed by atoms with Gasteiger partial charge < -0.3 is 29.3 Å². The molecule has 1 heterocycles. The molecule has 1 unspecified atom stereocenters. The smallest absolute Gasteiger partial charge is 0.295 e. The molecule has 0 bridgehead atoms. The molecule has 1 atom stereocenters. The molecule has 1 fully saturated rings. The van der Waals surface area contributed by atoms with Crippen LogP contribution in [-0.4, -0.2) is 81.1 Å². The second-order valence-electron chi connectivity index (χ2n) is 9.10. The number of benzene rings is 2. The van der Waals surface area contributed by atoms with Crippen molar-refractivity contribution in [2.45, 2.75) is 26.3 Å². The van der Waals surface area contributed by atoms with Gasteiger partial charge in [-0.05, 0) is 64.7 Å². The van der Waals surface area contributed by atoms with E-state index in [1.54, 1.807) is 11.0 Å². The van der Waals surface area contributed by atoms with Crippen LogP contribution >= 0.6 is 11.6 Å². The Morgan fingerprint density at radius 1 is 1.03 bits per heavy atom. The lowest BCUT2D eigenvalue weighted by Crippen LogP contribution is -2.32. The van der Waals surface area contributed by atoms with E-state index in [0.717, 1.165) is 30.9 Å². The molecule has 1 amide bonds. The molecule has 2 aromatic rings. The highest BCUT2D eigenvalue weighted by atomic mass is 35.5. The van der Waals surface area contributed by atoms with E-state index in [4.69, 9.17) is 21.1 Å². The predicted molar refractivity (Wildman–Crippen MR) is 147 cm³/mol. The summed E-state index contributed by atoms with van der Waals surface area (Å²) in [6.45, 7) is 7.00. The lowest BCUT2D eigenvalue weighted by Gasteiger charge is -2.27. The number of ketones is 1. The molecule has 0 saturated carbocycles. The number of anilines is 1.